The van der Waals surface area contributed by atoms with E-state index in [1.54, 1.807) is 35.0 Å². The molecule has 0 aliphatic heterocycles. The molecule has 7 heteroatoms. The van der Waals surface area contributed by atoms with E-state index in [2.05, 4.69) is 9.97 Å². The topological polar surface area (TPSA) is 67.8 Å². The summed E-state index contributed by atoms with van der Waals surface area (Å²) in [5.41, 5.74) is 2.32. The molecule has 0 unspecified atom stereocenters. The van der Waals surface area contributed by atoms with E-state index in [1.165, 1.54) is 6.26 Å². The number of fused-ring (bicyclic) bond motifs is 1. The fraction of sp³-hybridized carbons (Fsp3) is 0.0769. The van der Waals surface area contributed by atoms with Crippen LogP contribution >= 0.6 is 12.2 Å². The molecule has 3 rings (SSSR count). The van der Waals surface area contributed by atoms with Crippen molar-refractivity contribution in [3.63, 3.8) is 0 Å². The van der Waals surface area contributed by atoms with Crippen molar-refractivity contribution in [1.82, 2.24) is 14.5 Å². The van der Waals surface area contributed by atoms with Crippen LogP contribution in [0.25, 0.3) is 16.9 Å². The lowest BCUT2D eigenvalue weighted by molar-refractivity contribution is 0.602. The summed E-state index contributed by atoms with van der Waals surface area (Å²) in [4.78, 5) is 7.64. The van der Waals surface area contributed by atoms with Crippen molar-refractivity contribution in [2.24, 2.45) is 0 Å². The van der Waals surface area contributed by atoms with E-state index in [1.807, 2.05) is 12.1 Å². The number of benzene rings is 1. The molecule has 20 heavy (non-hydrogen) atoms. The van der Waals surface area contributed by atoms with Gasteiger partial charge in [0.2, 0.25) is 0 Å². The van der Waals surface area contributed by atoms with Gasteiger partial charge in [-0.05, 0) is 48.6 Å². The lowest BCUT2D eigenvalue weighted by Crippen LogP contribution is -1.99. The first-order chi connectivity index (χ1) is 9.47. The van der Waals surface area contributed by atoms with Gasteiger partial charge in [0.15, 0.2) is 20.3 Å². The third-order valence-corrected chi connectivity index (χ3v) is 4.38. The van der Waals surface area contributed by atoms with E-state index in [9.17, 15) is 8.42 Å². The average Bonchev–Trinajstić information content (AvgIpc) is 2.73. The van der Waals surface area contributed by atoms with Gasteiger partial charge in [-0.2, -0.15) is 0 Å². The van der Waals surface area contributed by atoms with Crippen molar-refractivity contribution < 1.29 is 8.42 Å². The Morgan fingerprint density at radius 3 is 2.55 bits per heavy atom. The number of hydrogen-bond acceptors (Lipinski definition) is 4. The van der Waals surface area contributed by atoms with Crippen molar-refractivity contribution in [3.05, 3.63) is 47.4 Å². The molecule has 0 atom stereocenters. The molecule has 3 aromatic rings. The molecule has 0 saturated carbocycles. The van der Waals surface area contributed by atoms with Gasteiger partial charge in [0.1, 0.15) is 0 Å². The van der Waals surface area contributed by atoms with Crippen LogP contribution < -0.4 is 0 Å². The fourth-order valence-electron chi connectivity index (χ4n) is 2.02. The monoisotopic (exact) mass is 305 g/mol. The zero-order valence-electron chi connectivity index (χ0n) is 10.6. The molecule has 0 amide bonds. The van der Waals surface area contributed by atoms with E-state index < -0.39 is 9.84 Å². The summed E-state index contributed by atoms with van der Waals surface area (Å²) in [5, 5.41) is 0. The molecule has 0 aliphatic rings. The molecule has 0 radical (unpaired) electrons. The number of imidazole rings is 1. The van der Waals surface area contributed by atoms with E-state index >= 15 is 0 Å². The van der Waals surface area contributed by atoms with E-state index in [0.717, 1.165) is 11.2 Å². The van der Waals surface area contributed by atoms with Crippen LogP contribution in [0, 0.1) is 4.77 Å². The average molecular weight is 305 g/mol. The van der Waals surface area contributed by atoms with Gasteiger partial charge in [0.25, 0.3) is 0 Å². The largest absolute Gasteiger partial charge is 0.329 e. The summed E-state index contributed by atoms with van der Waals surface area (Å²) in [7, 11) is -3.20. The molecule has 0 saturated heterocycles. The Balaban J connectivity index is 2.21. The molecular weight excluding hydrogens is 294 g/mol. The summed E-state index contributed by atoms with van der Waals surface area (Å²) < 4.78 is 25.2. The van der Waals surface area contributed by atoms with Crippen LogP contribution in [0.15, 0.2) is 47.5 Å². The second-order valence-electron chi connectivity index (χ2n) is 4.41. The maximum Gasteiger partial charge on any atom is 0.183 e. The van der Waals surface area contributed by atoms with E-state index in [4.69, 9.17) is 12.2 Å². The van der Waals surface area contributed by atoms with Gasteiger partial charge in [-0.1, -0.05) is 0 Å². The summed E-state index contributed by atoms with van der Waals surface area (Å²) >= 11 is 5.29. The lowest BCUT2D eigenvalue weighted by Gasteiger charge is -2.05. The van der Waals surface area contributed by atoms with Gasteiger partial charge in [-0.15, -0.1) is 0 Å². The van der Waals surface area contributed by atoms with Crippen LogP contribution in [0.2, 0.25) is 0 Å². The van der Waals surface area contributed by atoms with Gasteiger partial charge in [-0.25, -0.2) is 13.4 Å². The first kappa shape index (κ1) is 13.0. The Hall–Kier alpha value is -1.99. The van der Waals surface area contributed by atoms with Crippen molar-refractivity contribution in [1.29, 1.82) is 0 Å². The molecular formula is C13H11N3O2S2. The first-order valence-corrected chi connectivity index (χ1v) is 8.13. The highest BCUT2D eigenvalue weighted by Gasteiger charge is 2.10. The highest BCUT2D eigenvalue weighted by molar-refractivity contribution is 7.90. The summed E-state index contributed by atoms with van der Waals surface area (Å²) in [6.45, 7) is 0. The Bertz CT molecular complexity index is 938. The van der Waals surface area contributed by atoms with E-state index in [-0.39, 0.29) is 4.90 Å². The molecule has 1 N–H and O–H groups in total. The van der Waals surface area contributed by atoms with Gasteiger partial charge >= 0.3 is 0 Å². The first-order valence-electron chi connectivity index (χ1n) is 5.83. The summed E-state index contributed by atoms with van der Waals surface area (Å²) in [6, 6.07) is 10.3. The van der Waals surface area contributed by atoms with Crippen molar-refractivity contribution in [3.8, 4) is 5.69 Å². The quantitative estimate of drug-likeness (QED) is 0.739. The van der Waals surface area contributed by atoms with Crippen LogP contribution in [0.4, 0.5) is 0 Å². The van der Waals surface area contributed by atoms with Crippen LogP contribution in [0.5, 0.6) is 0 Å². The number of H-pyrrole nitrogens is 1. The molecule has 0 fully saturated rings. The Morgan fingerprint density at radius 2 is 1.90 bits per heavy atom. The fourth-order valence-corrected chi connectivity index (χ4v) is 2.95. The van der Waals surface area contributed by atoms with Gasteiger partial charge in [0, 0.05) is 18.1 Å². The summed E-state index contributed by atoms with van der Waals surface area (Å²) in [6.07, 6.45) is 2.87. The number of nitrogens with one attached hydrogen (secondary N) is 1. The number of nitrogens with zero attached hydrogens (tertiary/aromatic N) is 2. The van der Waals surface area contributed by atoms with Crippen LogP contribution in [0.3, 0.4) is 0 Å². The molecule has 0 aliphatic carbocycles. The minimum absolute atomic E-state index is 0.278. The van der Waals surface area contributed by atoms with Crippen LogP contribution in [-0.4, -0.2) is 29.2 Å². The number of hydrogen-bond donors (Lipinski definition) is 1. The second-order valence-corrected chi connectivity index (χ2v) is 6.81. The maximum atomic E-state index is 11.5. The molecule has 0 spiro atoms. The number of aromatic nitrogens is 3. The molecule has 5 nitrogen and oxygen atoms in total. The zero-order valence-corrected chi connectivity index (χ0v) is 12.2. The third-order valence-electron chi connectivity index (χ3n) is 2.97. The minimum Gasteiger partial charge on any atom is -0.329 e. The van der Waals surface area contributed by atoms with E-state index in [0.29, 0.717) is 10.4 Å². The Kier molecular flexibility index (Phi) is 2.95. The Labute approximate surface area is 120 Å². The number of rotatable bonds is 2. The van der Waals surface area contributed by atoms with Crippen molar-refractivity contribution in [2.45, 2.75) is 4.90 Å². The predicted molar refractivity (Wildman–Crippen MR) is 79.4 cm³/mol. The lowest BCUT2D eigenvalue weighted by atomic mass is 10.3. The molecule has 2 heterocycles. The number of pyridine rings is 1. The normalized spacial score (nSPS) is 11.8. The second kappa shape index (κ2) is 4.53. The van der Waals surface area contributed by atoms with Crippen molar-refractivity contribution in [2.75, 3.05) is 6.26 Å². The number of aromatic amines is 1. The highest BCUT2D eigenvalue weighted by atomic mass is 32.2. The smallest absolute Gasteiger partial charge is 0.183 e. The van der Waals surface area contributed by atoms with Gasteiger partial charge in [-0.3, -0.25) is 4.57 Å². The molecule has 2 aromatic heterocycles. The number of sulfone groups is 1. The van der Waals surface area contributed by atoms with Crippen LogP contribution in [-0.2, 0) is 9.84 Å². The summed E-state index contributed by atoms with van der Waals surface area (Å²) in [5.74, 6) is 0. The molecule has 102 valence electrons. The molecule has 1 aromatic carbocycles. The van der Waals surface area contributed by atoms with Gasteiger partial charge < -0.3 is 4.98 Å². The predicted octanol–water partition coefficient (Wildman–Crippen LogP) is 2.49. The van der Waals surface area contributed by atoms with Crippen molar-refractivity contribution >= 4 is 33.2 Å². The standard InChI is InChI=1S/C13H11N3O2S2/c1-20(17,18)10-6-4-9(5-7-10)16-12-11(15-13(16)19)3-2-8-14-12/h2-8H,1H3,(H,15,19). The van der Waals surface area contributed by atoms with Gasteiger partial charge in [0.05, 0.1) is 10.4 Å². The SMILES string of the molecule is CS(=O)(=O)c1ccc(-n2c(=S)[nH]c3cccnc32)cc1. The van der Waals surface area contributed by atoms with Crippen LogP contribution in [0.1, 0.15) is 0 Å². The maximum absolute atomic E-state index is 11.5. The Morgan fingerprint density at radius 1 is 1.20 bits per heavy atom. The minimum atomic E-state index is -3.20. The molecule has 0 bridgehead atoms. The zero-order chi connectivity index (χ0) is 14.3. The third kappa shape index (κ3) is 2.14. The highest BCUT2D eigenvalue weighted by Crippen LogP contribution is 2.19.